The minimum Gasteiger partial charge on any atom is -0.372 e. The highest BCUT2D eigenvalue weighted by Crippen LogP contribution is 2.37. The summed E-state index contributed by atoms with van der Waals surface area (Å²) >= 11 is 0. The second-order valence-electron chi connectivity index (χ2n) is 5.46. The number of nitrogens with zero attached hydrogens (tertiary/aromatic N) is 3. The van der Waals surface area contributed by atoms with E-state index in [1.165, 1.54) is 38.5 Å². The van der Waals surface area contributed by atoms with E-state index in [0.29, 0.717) is 6.04 Å². The Morgan fingerprint density at radius 2 is 2.00 bits per heavy atom. The Morgan fingerprint density at radius 3 is 2.78 bits per heavy atom. The maximum Gasteiger partial charge on any atom is 0.149 e. The fraction of sp³-hybridized carbons (Fsp3) is 0.714. The molecule has 4 heteroatoms. The lowest BCUT2D eigenvalue weighted by Crippen LogP contribution is -2.35. The monoisotopic (exact) mass is 246 g/mol. The van der Waals surface area contributed by atoms with E-state index in [1.54, 1.807) is 6.20 Å². The minimum absolute atomic E-state index is 0.703. The lowest BCUT2D eigenvalue weighted by atomic mass is 9.96. The zero-order valence-electron chi connectivity index (χ0n) is 11.1. The van der Waals surface area contributed by atoms with Crippen molar-refractivity contribution >= 4 is 11.6 Å². The first-order valence-corrected chi connectivity index (χ1v) is 7.15. The van der Waals surface area contributed by atoms with E-state index in [9.17, 15) is 0 Å². The maximum atomic E-state index is 4.65. The maximum absolute atomic E-state index is 4.65. The molecule has 1 unspecified atom stereocenters. The van der Waals surface area contributed by atoms with Gasteiger partial charge in [0.05, 0.1) is 12.4 Å². The molecule has 1 saturated carbocycles. The van der Waals surface area contributed by atoms with E-state index in [-0.39, 0.29) is 0 Å². The van der Waals surface area contributed by atoms with Crippen LogP contribution in [0.2, 0.25) is 0 Å². The summed E-state index contributed by atoms with van der Waals surface area (Å²) in [5.41, 5.74) is 0. The summed E-state index contributed by atoms with van der Waals surface area (Å²) in [6, 6.07) is 0.703. The molecule has 18 heavy (non-hydrogen) atoms. The van der Waals surface area contributed by atoms with Crippen LogP contribution in [0.15, 0.2) is 12.4 Å². The van der Waals surface area contributed by atoms with Gasteiger partial charge in [-0.05, 0) is 31.6 Å². The van der Waals surface area contributed by atoms with Crippen molar-refractivity contribution in [2.45, 2.75) is 44.6 Å². The molecule has 1 atom stereocenters. The Kier molecular flexibility index (Phi) is 3.35. The van der Waals surface area contributed by atoms with Crippen LogP contribution < -0.4 is 10.2 Å². The van der Waals surface area contributed by atoms with E-state index in [1.807, 2.05) is 13.2 Å². The zero-order chi connectivity index (χ0) is 12.4. The second-order valence-corrected chi connectivity index (χ2v) is 5.46. The van der Waals surface area contributed by atoms with Gasteiger partial charge < -0.3 is 10.2 Å². The molecular weight excluding hydrogens is 224 g/mol. The third-order valence-corrected chi connectivity index (χ3v) is 4.42. The molecule has 4 nitrogen and oxygen atoms in total. The van der Waals surface area contributed by atoms with E-state index in [4.69, 9.17) is 0 Å². The van der Waals surface area contributed by atoms with E-state index >= 15 is 0 Å². The molecule has 2 aliphatic rings. The molecule has 3 rings (SSSR count). The summed E-state index contributed by atoms with van der Waals surface area (Å²) in [4.78, 5) is 11.4. The Balaban J connectivity index is 1.80. The Labute approximate surface area is 109 Å². The predicted octanol–water partition coefficient (Wildman–Crippen LogP) is 2.68. The van der Waals surface area contributed by atoms with Gasteiger partial charge in [-0.2, -0.15) is 0 Å². The van der Waals surface area contributed by atoms with Crippen molar-refractivity contribution in [3.05, 3.63) is 12.4 Å². The van der Waals surface area contributed by atoms with Gasteiger partial charge >= 0.3 is 0 Å². The molecule has 1 N–H and O–H groups in total. The molecule has 1 saturated heterocycles. The van der Waals surface area contributed by atoms with Crippen LogP contribution in [0.1, 0.15) is 38.5 Å². The fourth-order valence-electron chi connectivity index (χ4n) is 3.52. The van der Waals surface area contributed by atoms with E-state index in [0.717, 1.165) is 24.1 Å². The van der Waals surface area contributed by atoms with Crippen molar-refractivity contribution in [3.8, 4) is 0 Å². The summed E-state index contributed by atoms with van der Waals surface area (Å²) < 4.78 is 0. The summed E-state index contributed by atoms with van der Waals surface area (Å²) in [5.74, 6) is 2.80. The molecule has 2 heterocycles. The SMILES string of the molecule is CNc1cncc(N2CCCC2C2CCCC2)n1. The first kappa shape index (κ1) is 11.8. The Hall–Kier alpha value is -1.32. The van der Waals surface area contributed by atoms with Crippen molar-refractivity contribution in [1.82, 2.24) is 9.97 Å². The van der Waals surface area contributed by atoms with Crippen LogP contribution in [-0.4, -0.2) is 29.6 Å². The van der Waals surface area contributed by atoms with Crippen LogP contribution in [0, 0.1) is 5.92 Å². The molecule has 1 aliphatic heterocycles. The summed E-state index contributed by atoms with van der Waals surface area (Å²) in [7, 11) is 1.90. The quantitative estimate of drug-likeness (QED) is 0.890. The summed E-state index contributed by atoms with van der Waals surface area (Å²) in [5, 5.41) is 3.07. The number of hydrogen-bond donors (Lipinski definition) is 1. The van der Waals surface area contributed by atoms with Crippen LogP contribution in [0.25, 0.3) is 0 Å². The summed E-state index contributed by atoms with van der Waals surface area (Å²) in [6.07, 6.45) is 12.0. The van der Waals surface area contributed by atoms with E-state index < -0.39 is 0 Å². The van der Waals surface area contributed by atoms with Gasteiger partial charge in [0.15, 0.2) is 0 Å². The number of aromatic nitrogens is 2. The molecule has 1 aromatic rings. The first-order chi connectivity index (χ1) is 8.88. The van der Waals surface area contributed by atoms with Gasteiger partial charge in [0.1, 0.15) is 11.6 Å². The van der Waals surface area contributed by atoms with Crippen LogP contribution >= 0.6 is 0 Å². The normalized spacial score (nSPS) is 24.7. The average molecular weight is 246 g/mol. The third kappa shape index (κ3) is 2.16. The van der Waals surface area contributed by atoms with Crippen molar-refractivity contribution in [2.24, 2.45) is 5.92 Å². The van der Waals surface area contributed by atoms with E-state index in [2.05, 4.69) is 20.2 Å². The number of anilines is 2. The summed E-state index contributed by atoms with van der Waals surface area (Å²) in [6.45, 7) is 1.14. The molecule has 1 aromatic heterocycles. The minimum atomic E-state index is 0.703. The Morgan fingerprint density at radius 1 is 1.17 bits per heavy atom. The van der Waals surface area contributed by atoms with Gasteiger partial charge in [-0.1, -0.05) is 12.8 Å². The van der Waals surface area contributed by atoms with Crippen molar-refractivity contribution in [3.63, 3.8) is 0 Å². The molecule has 0 amide bonds. The molecular formula is C14H22N4. The number of nitrogens with one attached hydrogen (secondary N) is 1. The molecule has 0 spiro atoms. The van der Waals surface area contributed by atoms with Crippen molar-refractivity contribution in [2.75, 3.05) is 23.8 Å². The lowest BCUT2D eigenvalue weighted by Gasteiger charge is -2.30. The van der Waals surface area contributed by atoms with Crippen LogP contribution in [0.3, 0.4) is 0 Å². The first-order valence-electron chi connectivity index (χ1n) is 7.15. The van der Waals surface area contributed by atoms with Gasteiger partial charge in [0, 0.05) is 19.6 Å². The average Bonchev–Trinajstić information content (AvgIpc) is 3.09. The standard InChI is InChI=1S/C14H22N4/c1-15-13-9-16-10-14(17-13)18-8-4-7-12(18)11-5-2-3-6-11/h9-12H,2-8H2,1H3,(H,15,17). The van der Waals surface area contributed by atoms with Crippen LogP contribution in [-0.2, 0) is 0 Å². The van der Waals surface area contributed by atoms with Crippen LogP contribution in [0.5, 0.6) is 0 Å². The molecule has 0 bridgehead atoms. The molecule has 0 aromatic carbocycles. The molecule has 2 fully saturated rings. The fourth-order valence-corrected chi connectivity index (χ4v) is 3.52. The highest BCUT2D eigenvalue weighted by molar-refractivity contribution is 5.45. The zero-order valence-corrected chi connectivity index (χ0v) is 11.1. The van der Waals surface area contributed by atoms with Gasteiger partial charge in [0.2, 0.25) is 0 Å². The van der Waals surface area contributed by atoms with Crippen molar-refractivity contribution in [1.29, 1.82) is 0 Å². The third-order valence-electron chi connectivity index (χ3n) is 4.42. The number of rotatable bonds is 3. The van der Waals surface area contributed by atoms with Gasteiger partial charge in [-0.15, -0.1) is 0 Å². The number of hydrogen-bond acceptors (Lipinski definition) is 4. The second kappa shape index (κ2) is 5.12. The smallest absolute Gasteiger partial charge is 0.149 e. The molecule has 98 valence electrons. The van der Waals surface area contributed by atoms with Gasteiger partial charge in [-0.25, -0.2) is 4.98 Å². The molecule has 1 aliphatic carbocycles. The van der Waals surface area contributed by atoms with Crippen molar-refractivity contribution < 1.29 is 0 Å². The highest BCUT2D eigenvalue weighted by atomic mass is 15.2. The van der Waals surface area contributed by atoms with Gasteiger partial charge in [0.25, 0.3) is 0 Å². The lowest BCUT2D eigenvalue weighted by molar-refractivity contribution is 0.429. The van der Waals surface area contributed by atoms with Crippen LogP contribution in [0.4, 0.5) is 11.6 Å². The highest BCUT2D eigenvalue weighted by Gasteiger charge is 2.34. The topological polar surface area (TPSA) is 41.1 Å². The van der Waals surface area contributed by atoms with Gasteiger partial charge in [-0.3, -0.25) is 4.98 Å². The predicted molar refractivity (Wildman–Crippen MR) is 73.9 cm³/mol. The molecule has 0 radical (unpaired) electrons. The largest absolute Gasteiger partial charge is 0.372 e. The Bertz CT molecular complexity index is 401.